The fourth-order valence-electron chi connectivity index (χ4n) is 2.42. The van der Waals surface area contributed by atoms with Crippen LogP contribution in [0.15, 0.2) is 48.5 Å². The minimum atomic E-state index is -0.352. The number of amides is 2. The Morgan fingerprint density at radius 1 is 1.08 bits per heavy atom. The molecule has 0 atom stereocenters. The Balaban J connectivity index is 2.10. The summed E-state index contributed by atoms with van der Waals surface area (Å²) in [5.74, 6) is -0.695. The Morgan fingerprint density at radius 3 is 2.42 bits per heavy atom. The summed E-state index contributed by atoms with van der Waals surface area (Å²) in [5.41, 5.74) is 1.89. The zero-order valence-electron chi connectivity index (χ0n) is 14.0. The van der Waals surface area contributed by atoms with E-state index < -0.39 is 0 Å². The zero-order chi connectivity index (χ0) is 17.5. The largest absolute Gasteiger partial charge is 0.507 e. The van der Waals surface area contributed by atoms with Crippen LogP contribution in [0.2, 0.25) is 0 Å². The Bertz CT molecular complexity index is 728. The van der Waals surface area contributed by atoms with Crippen molar-refractivity contribution in [1.82, 2.24) is 4.90 Å². The lowest BCUT2D eigenvalue weighted by atomic mass is 10.1. The number of hydrogen-bond donors (Lipinski definition) is 2. The van der Waals surface area contributed by atoms with Gasteiger partial charge >= 0.3 is 0 Å². The molecule has 5 nitrogen and oxygen atoms in total. The standard InChI is InChI=1S/C19H22N2O3/c1-3-12-21(19(24)15-9-5-7-11-17(15)22)13-18(23)20-16-10-6-4-8-14(16)2/h4-11,22H,3,12-13H2,1-2H3,(H,20,23). The maximum atomic E-state index is 12.6. The summed E-state index contributed by atoms with van der Waals surface area (Å²) in [6.07, 6.45) is 0.719. The van der Waals surface area contributed by atoms with Gasteiger partial charge in [0, 0.05) is 12.2 Å². The van der Waals surface area contributed by atoms with E-state index in [0.717, 1.165) is 17.7 Å². The molecule has 0 bridgehead atoms. The molecule has 5 heteroatoms. The first kappa shape index (κ1) is 17.5. The quantitative estimate of drug-likeness (QED) is 0.856. The molecule has 2 amide bonds. The monoisotopic (exact) mass is 326 g/mol. The van der Waals surface area contributed by atoms with Gasteiger partial charge in [-0.15, -0.1) is 0 Å². The summed E-state index contributed by atoms with van der Waals surface area (Å²) in [6.45, 7) is 4.22. The van der Waals surface area contributed by atoms with Crippen LogP contribution < -0.4 is 5.32 Å². The van der Waals surface area contributed by atoms with Gasteiger partial charge in [-0.3, -0.25) is 9.59 Å². The third-order valence-electron chi connectivity index (χ3n) is 3.67. The van der Waals surface area contributed by atoms with E-state index in [1.54, 1.807) is 18.2 Å². The third kappa shape index (κ3) is 4.35. The summed E-state index contributed by atoms with van der Waals surface area (Å²) in [7, 11) is 0. The van der Waals surface area contributed by atoms with Gasteiger partial charge in [-0.2, -0.15) is 0 Å². The van der Waals surface area contributed by atoms with Gasteiger partial charge in [-0.1, -0.05) is 37.3 Å². The number of phenolic OH excluding ortho intramolecular Hbond substituents is 1. The number of phenols is 1. The van der Waals surface area contributed by atoms with Crippen molar-refractivity contribution in [2.24, 2.45) is 0 Å². The molecule has 0 spiro atoms. The van der Waals surface area contributed by atoms with Crippen molar-refractivity contribution in [1.29, 1.82) is 0 Å². The second kappa shape index (κ2) is 8.15. The lowest BCUT2D eigenvalue weighted by Gasteiger charge is -2.22. The van der Waals surface area contributed by atoms with Crippen molar-refractivity contribution >= 4 is 17.5 Å². The first-order valence-electron chi connectivity index (χ1n) is 7.95. The van der Waals surface area contributed by atoms with Crippen LogP contribution in [0.25, 0.3) is 0 Å². The molecule has 0 heterocycles. The van der Waals surface area contributed by atoms with Crippen LogP contribution in [0, 0.1) is 6.92 Å². The lowest BCUT2D eigenvalue weighted by Crippen LogP contribution is -2.38. The normalized spacial score (nSPS) is 10.2. The molecule has 2 aromatic rings. The van der Waals surface area contributed by atoms with Crippen molar-refractivity contribution in [2.45, 2.75) is 20.3 Å². The van der Waals surface area contributed by atoms with Crippen LogP contribution in [0.4, 0.5) is 5.69 Å². The van der Waals surface area contributed by atoms with Crippen molar-refractivity contribution in [3.63, 3.8) is 0 Å². The molecule has 0 fully saturated rings. The predicted octanol–water partition coefficient (Wildman–Crippen LogP) is 3.19. The average Bonchev–Trinajstić information content (AvgIpc) is 2.56. The van der Waals surface area contributed by atoms with Crippen molar-refractivity contribution in [3.8, 4) is 5.75 Å². The van der Waals surface area contributed by atoms with Crippen LogP contribution in [-0.4, -0.2) is 34.9 Å². The second-order valence-corrected chi connectivity index (χ2v) is 5.61. The maximum absolute atomic E-state index is 12.6. The van der Waals surface area contributed by atoms with Crippen LogP contribution in [0.1, 0.15) is 29.3 Å². The van der Waals surface area contributed by atoms with Gasteiger partial charge in [-0.25, -0.2) is 0 Å². The number of anilines is 1. The first-order chi connectivity index (χ1) is 11.5. The summed E-state index contributed by atoms with van der Waals surface area (Å²) >= 11 is 0. The number of para-hydroxylation sites is 2. The molecule has 0 radical (unpaired) electrons. The summed E-state index contributed by atoms with van der Waals surface area (Å²) in [5, 5.41) is 12.7. The van der Waals surface area contributed by atoms with Gasteiger partial charge in [0.15, 0.2) is 0 Å². The molecule has 24 heavy (non-hydrogen) atoms. The Kier molecular flexibility index (Phi) is 5.95. The van der Waals surface area contributed by atoms with E-state index >= 15 is 0 Å². The first-order valence-corrected chi connectivity index (χ1v) is 7.95. The minimum absolute atomic E-state index is 0.0602. The molecule has 0 saturated carbocycles. The molecule has 2 rings (SSSR count). The van der Waals surface area contributed by atoms with E-state index in [1.165, 1.54) is 11.0 Å². The Morgan fingerprint density at radius 2 is 1.75 bits per heavy atom. The van der Waals surface area contributed by atoms with Gasteiger partial charge in [0.25, 0.3) is 5.91 Å². The highest BCUT2D eigenvalue weighted by Crippen LogP contribution is 2.18. The minimum Gasteiger partial charge on any atom is -0.507 e. The second-order valence-electron chi connectivity index (χ2n) is 5.61. The van der Waals surface area contributed by atoms with E-state index in [1.807, 2.05) is 38.1 Å². The lowest BCUT2D eigenvalue weighted by molar-refractivity contribution is -0.116. The van der Waals surface area contributed by atoms with E-state index in [0.29, 0.717) is 6.54 Å². The molecule has 126 valence electrons. The molecule has 0 aliphatic carbocycles. The van der Waals surface area contributed by atoms with Gasteiger partial charge in [-0.05, 0) is 37.1 Å². The number of carbonyl (C=O) groups is 2. The molecule has 0 aliphatic heterocycles. The number of nitrogens with zero attached hydrogens (tertiary/aromatic N) is 1. The van der Waals surface area contributed by atoms with E-state index in [-0.39, 0.29) is 29.7 Å². The van der Waals surface area contributed by atoms with Crippen LogP contribution >= 0.6 is 0 Å². The van der Waals surface area contributed by atoms with Crippen LogP contribution in [0.3, 0.4) is 0 Å². The van der Waals surface area contributed by atoms with Crippen molar-refractivity contribution in [3.05, 3.63) is 59.7 Å². The fraction of sp³-hybridized carbons (Fsp3) is 0.263. The van der Waals surface area contributed by atoms with E-state index in [4.69, 9.17) is 0 Å². The SMILES string of the molecule is CCCN(CC(=O)Nc1ccccc1C)C(=O)c1ccccc1O. The third-order valence-corrected chi connectivity index (χ3v) is 3.67. The van der Waals surface area contributed by atoms with Gasteiger partial charge in [0.2, 0.25) is 5.91 Å². The fourth-order valence-corrected chi connectivity index (χ4v) is 2.42. The van der Waals surface area contributed by atoms with E-state index in [2.05, 4.69) is 5.32 Å². The Labute approximate surface area is 141 Å². The van der Waals surface area contributed by atoms with E-state index in [9.17, 15) is 14.7 Å². The molecule has 2 aromatic carbocycles. The smallest absolute Gasteiger partial charge is 0.258 e. The predicted molar refractivity (Wildman–Crippen MR) is 94.1 cm³/mol. The zero-order valence-corrected chi connectivity index (χ0v) is 14.0. The molecule has 0 aromatic heterocycles. The van der Waals surface area contributed by atoms with Gasteiger partial charge in [0.05, 0.1) is 5.56 Å². The number of benzene rings is 2. The molecule has 0 unspecified atom stereocenters. The van der Waals surface area contributed by atoms with Crippen molar-refractivity contribution < 1.29 is 14.7 Å². The number of aromatic hydroxyl groups is 1. The maximum Gasteiger partial charge on any atom is 0.258 e. The molecule has 2 N–H and O–H groups in total. The summed E-state index contributed by atoms with van der Waals surface area (Å²) < 4.78 is 0. The topological polar surface area (TPSA) is 69.6 Å². The molecular formula is C19H22N2O3. The number of hydrogen-bond acceptors (Lipinski definition) is 3. The highest BCUT2D eigenvalue weighted by Gasteiger charge is 2.20. The number of nitrogens with one attached hydrogen (secondary N) is 1. The van der Waals surface area contributed by atoms with Gasteiger partial charge < -0.3 is 15.3 Å². The Hall–Kier alpha value is -2.82. The highest BCUT2D eigenvalue weighted by atomic mass is 16.3. The van der Waals surface area contributed by atoms with Crippen molar-refractivity contribution in [2.75, 3.05) is 18.4 Å². The molecule has 0 saturated heterocycles. The van der Waals surface area contributed by atoms with Crippen LogP contribution in [0.5, 0.6) is 5.75 Å². The average molecular weight is 326 g/mol. The molecule has 0 aliphatic rings. The van der Waals surface area contributed by atoms with Crippen LogP contribution in [-0.2, 0) is 4.79 Å². The summed E-state index contributed by atoms with van der Waals surface area (Å²) in [4.78, 5) is 26.3. The number of carbonyl (C=O) groups excluding carboxylic acids is 2. The number of rotatable bonds is 6. The molecular weight excluding hydrogens is 304 g/mol. The van der Waals surface area contributed by atoms with Gasteiger partial charge in [0.1, 0.15) is 12.3 Å². The summed E-state index contributed by atoms with van der Waals surface area (Å²) in [6, 6.07) is 13.8. The number of aryl methyl sites for hydroxylation is 1. The highest BCUT2D eigenvalue weighted by molar-refractivity contribution is 6.01.